The molecule has 0 fully saturated rings. The van der Waals surface area contributed by atoms with Gasteiger partial charge in [-0.05, 0) is 24.1 Å². The zero-order valence-corrected chi connectivity index (χ0v) is 8.37. The van der Waals surface area contributed by atoms with Crippen molar-refractivity contribution in [2.24, 2.45) is 21.9 Å². The molecule has 0 amide bonds. The van der Waals surface area contributed by atoms with E-state index in [9.17, 15) is 9.90 Å². The van der Waals surface area contributed by atoms with Crippen LogP contribution in [0.3, 0.4) is 0 Å². The normalized spacial score (nSPS) is 12.8. The summed E-state index contributed by atoms with van der Waals surface area (Å²) >= 11 is 0. The average Bonchev–Trinajstić information content (AvgIpc) is 2.23. The van der Waals surface area contributed by atoms with Crippen molar-refractivity contribution in [1.29, 1.82) is 0 Å². The fourth-order valence-electron chi connectivity index (χ4n) is 1.18. The van der Waals surface area contributed by atoms with Crippen molar-refractivity contribution in [2.45, 2.75) is 12.5 Å². The first-order chi connectivity index (χ1) is 7.54. The number of aliphatic carboxylic acids is 1. The molecule has 1 atom stereocenters. The van der Waals surface area contributed by atoms with Crippen LogP contribution in [0.4, 0.5) is 5.69 Å². The predicted molar refractivity (Wildman–Crippen MR) is 56.1 cm³/mol. The van der Waals surface area contributed by atoms with Crippen LogP contribution < -0.4 is 11.6 Å². The van der Waals surface area contributed by atoms with Crippen LogP contribution in [0.15, 0.2) is 28.5 Å². The Hall–Kier alpha value is -2.15. The molecule has 0 saturated heterocycles. The number of aromatic hydroxyl groups is 1. The van der Waals surface area contributed by atoms with Crippen molar-refractivity contribution < 1.29 is 15.0 Å². The molecule has 0 saturated carbocycles. The van der Waals surface area contributed by atoms with Crippen molar-refractivity contribution in [3.8, 4) is 5.75 Å². The second-order valence-corrected chi connectivity index (χ2v) is 3.19. The summed E-state index contributed by atoms with van der Waals surface area (Å²) in [5.74, 6) is 3.69. The maximum absolute atomic E-state index is 10.5. The number of rotatable bonds is 4. The molecule has 0 spiro atoms. The summed E-state index contributed by atoms with van der Waals surface area (Å²) in [7, 11) is 0. The molecule has 0 aliphatic carbocycles. The lowest BCUT2D eigenvalue weighted by Gasteiger charge is -2.07. The molecule has 7 heteroatoms. The molecule has 0 heterocycles. The lowest BCUT2D eigenvalue weighted by atomic mass is 10.1. The molecule has 0 aromatic heterocycles. The molecule has 1 rings (SSSR count). The third-order valence-electron chi connectivity index (χ3n) is 1.98. The van der Waals surface area contributed by atoms with Crippen LogP contribution in [-0.4, -0.2) is 22.2 Å². The van der Waals surface area contributed by atoms with Crippen molar-refractivity contribution in [1.82, 2.24) is 0 Å². The van der Waals surface area contributed by atoms with Gasteiger partial charge in [0, 0.05) is 0 Å². The van der Waals surface area contributed by atoms with Crippen molar-refractivity contribution in [3.05, 3.63) is 23.8 Å². The minimum atomic E-state index is -1.09. The van der Waals surface area contributed by atoms with Gasteiger partial charge < -0.3 is 21.8 Å². The molecule has 1 aromatic rings. The molecule has 6 N–H and O–H groups in total. The molecule has 0 aliphatic heterocycles. The van der Waals surface area contributed by atoms with Gasteiger partial charge in [-0.1, -0.05) is 11.3 Å². The Balaban J connectivity index is 2.90. The number of phenols is 1. The van der Waals surface area contributed by atoms with Crippen molar-refractivity contribution in [3.63, 3.8) is 0 Å². The van der Waals surface area contributed by atoms with Crippen molar-refractivity contribution in [2.75, 3.05) is 0 Å². The monoisotopic (exact) mass is 224 g/mol. The van der Waals surface area contributed by atoms with Gasteiger partial charge in [0.1, 0.15) is 17.5 Å². The van der Waals surface area contributed by atoms with Gasteiger partial charge in [-0.2, -0.15) is 0 Å². The fourth-order valence-corrected chi connectivity index (χ4v) is 1.18. The highest BCUT2D eigenvalue weighted by Crippen LogP contribution is 2.27. The SMILES string of the molecule is NN=Nc1cc(C[C@H](N)C(=O)O)ccc1O. The number of benzene rings is 1. The standard InChI is InChI=1S/C9H12N4O3/c10-6(9(15)16)3-5-1-2-8(14)7(4-5)12-13-11/h1-2,4,6,14H,3,10H2,(H2,11,12)(H,15,16)/t6-/m0/s1. The van der Waals surface area contributed by atoms with Crippen LogP contribution in [0.5, 0.6) is 5.75 Å². The smallest absolute Gasteiger partial charge is 0.320 e. The highest BCUT2D eigenvalue weighted by Gasteiger charge is 2.13. The zero-order chi connectivity index (χ0) is 12.1. The number of carboxylic acid groups (broad SMARTS) is 1. The first-order valence-electron chi connectivity index (χ1n) is 4.45. The molecule has 0 unspecified atom stereocenters. The Morgan fingerprint density at radius 2 is 2.19 bits per heavy atom. The van der Waals surface area contributed by atoms with E-state index in [0.29, 0.717) is 5.56 Å². The summed E-state index contributed by atoms with van der Waals surface area (Å²) in [5.41, 5.74) is 6.18. The maximum Gasteiger partial charge on any atom is 0.320 e. The van der Waals surface area contributed by atoms with Crippen LogP contribution in [0.2, 0.25) is 0 Å². The number of hydrogen-bond donors (Lipinski definition) is 4. The van der Waals surface area contributed by atoms with Gasteiger partial charge in [0.15, 0.2) is 0 Å². The first-order valence-corrected chi connectivity index (χ1v) is 4.45. The van der Waals surface area contributed by atoms with Gasteiger partial charge in [0.05, 0.1) is 0 Å². The number of carboxylic acids is 1. The van der Waals surface area contributed by atoms with Gasteiger partial charge in [-0.3, -0.25) is 4.79 Å². The van der Waals surface area contributed by atoms with Gasteiger partial charge in [-0.15, -0.1) is 5.11 Å². The third-order valence-corrected chi connectivity index (χ3v) is 1.98. The van der Waals surface area contributed by atoms with E-state index in [1.54, 1.807) is 6.07 Å². The minimum Gasteiger partial charge on any atom is -0.506 e. The minimum absolute atomic E-state index is 0.0816. The van der Waals surface area contributed by atoms with Gasteiger partial charge in [-0.25, -0.2) is 0 Å². The third kappa shape index (κ3) is 2.92. The Kier molecular flexibility index (Phi) is 3.78. The van der Waals surface area contributed by atoms with E-state index < -0.39 is 12.0 Å². The number of carbonyl (C=O) groups is 1. The first kappa shape index (κ1) is 11.9. The molecule has 0 aliphatic rings. The summed E-state index contributed by atoms with van der Waals surface area (Å²) < 4.78 is 0. The summed E-state index contributed by atoms with van der Waals surface area (Å²) in [6, 6.07) is 3.43. The lowest BCUT2D eigenvalue weighted by Crippen LogP contribution is -2.32. The van der Waals surface area contributed by atoms with Crippen LogP contribution in [-0.2, 0) is 11.2 Å². The number of hydrogen-bond acceptors (Lipinski definition) is 5. The molecule has 86 valence electrons. The Morgan fingerprint density at radius 3 is 2.75 bits per heavy atom. The molecule has 16 heavy (non-hydrogen) atoms. The largest absolute Gasteiger partial charge is 0.506 e. The van der Waals surface area contributed by atoms with Crippen LogP contribution in [0.1, 0.15) is 5.56 Å². The highest BCUT2D eigenvalue weighted by atomic mass is 16.4. The Labute approximate surface area is 91.4 Å². The van der Waals surface area contributed by atoms with E-state index in [-0.39, 0.29) is 17.9 Å². The van der Waals surface area contributed by atoms with E-state index in [2.05, 4.69) is 10.3 Å². The van der Waals surface area contributed by atoms with E-state index in [1.807, 2.05) is 0 Å². The zero-order valence-electron chi connectivity index (χ0n) is 8.37. The van der Waals surface area contributed by atoms with E-state index in [0.717, 1.165) is 0 Å². The molecule has 1 aromatic carbocycles. The summed E-state index contributed by atoms with van der Waals surface area (Å²) in [5, 5.41) is 24.5. The van der Waals surface area contributed by atoms with E-state index in [4.69, 9.17) is 16.7 Å². The number of phenolic OH excluding ortho intramolecular Hbond substituents is 1. The van der Waals surface area contributed by atoms with Crippen LogP contribution >= 0.6 is 0 Å². The summed E-state index contributed by atoms with van der Waals surface area (Å²) in [4.78, 5) is 10.5. The van der Waals surface area contributed by atoms with Crippen LogP contribution in [0, 0.1) is 0 Å². The second kappa shape index (κ2) is 5.08. The van der Waals surface area contributed by atoms with Crippen molar-refractivity contribution >= 4 is 11.7 Å². The molecule has 0 radical (unpaired) electrons. The van der Waals surface area contributed by atoms with Crippen LogP contribution in [0.25, 0.3) is 0 Å². The average molecular weight is 224 g/mol. The molecule has 0 bridgehead atoms. The fraction of sp³-hybridized carbons (Fsp3) is 0.222. The second-order valence-electron chi connectivity index (χ2n) is 3.19. The summed E-state index contributed by atoms with van der Waals surface area (Å²) in [6.45, 7) is 0. The topological polar surface area (TPSA) is 134 Å². The van der Waals surface area contributed by atoms with Gasteiger partial charge >= 0.3 is 5.97 Å². The van der Waals surface area contributed by atoms with Gasteiger partial charge in [0.25, 0.3) is 0 Å². The molecular formula is C9H12N4O3. The van der Waals surface area contributed by atoms with E-state index >= 15 is 0 Å². The Morgan fingerprint density at radius 1 is 1.50 bits per heavy atom. The van der Waals surface area contributed by atoms with E-state index in [1.165, 1.54) is 12.1 Å². The quantitative estimate of drug-likeness (QED) is 0.331. The maximum atomic E-state index is 10.5. The molecular weight excluding hydrogens is 212 g/mol. The molecule has 7 nitrogen and oxygen atoms in total. The number of nitrogens with zero attached hydrogens (tertiary/aromatic N) is 2. The number of nitrogens with two attached hydrogens (primary N) is 2. The Bertz CT molecular complexity index is 419. The lowest BCUT2D eigenvalue weighted by molar-refractivity contribution is -0.138. The van der Waals surface area contributed by atoms with Gasteiger partial charge in [0.2, 0.25) is 0 Å². The predicted octanol–water partition coefficient (Wildman–Crippen LogP) is 0.304. The summed E-state index contributed by atoms with van der Waals surface area (Å²) in [6.07, 6.45) is 0.142. The highest BCUT2D eigenvalue weighted by molar-refractivity contribution is 5.73.